The van der Waals surface area contributed by atoms with Crippen LogP contribution in [-0.2, 0) is 4.79 Å². The summed E-state index contributed by atoms with van der Waals surface area (Å²) in [5.41, 5.74) is 2.22. The highest BCUT2D eigenvalue weighted by Crippen LogP contribution is 2.30. The Kier molecular flexibility index (Phi) is 7.45. The van der Waals surface area contributed by atoms with Gasteiger partial charge in [0.05, 0.1) is 5.25 Å². The van der Waals surface area contributed by atoms with E-state index in [1.54, 1.807) is 0 Å². The fraction of sp³-hybridized carbons (Fsp3) is 0.286. The lowest BCUT2D eigenvalue weighted by molar-refractivity contribution is -0.120. The molecule has 3 aromatic rings. The van der Waals surface area contributed by atoms with E-state index in [1.807, 2.05) is 55.5 Å². The van der Waals surface area contributed by atoms with E-state index >= 15 is 0 Å². The topological polar surface area (TPSA) is 66.9 Å². The molecule has 2 N–H and O–H groups in total. The summed E-state index contributed by atoms with van der Waals surface area (Å²) in [7, 11) is 0. The number of carbonyl (C=O) groups excluding carboxylic acids is 1. The Morgan fingerprint density at radius 1 is 1.07 bits per heavy atom. The van der Waals surface area contributed by atoms with Crippen LogP contribution in [0, 0.1) is 0 Å². The van der Waals surface area contributed by atoms with Gasteiger partial charge in [0.2, 0.25) is 11.0 Å². The van der Waals surface area contributed by atoms with Crippen LogP contribution in [0.3, 0.4) is 0 Å². The normalized spacial score (nSPS) is 12.9. The molecule has 7 heteroatoms. The van der Waals surface area contributed by atoms with Crippen LogP contribution in [0.4, 0.5) is 10.8 Å². The third-order valence-corrected chi connectivity index (χ3v) is 6.39. The number of anilines is 2. The summed E-state index contributed by atoms with van der Waals surface area (Å²) in [6.45, 7) is 4.68. The van der Waals surface area contributed by atoms with Gasteiger partial charge in [-0.05, 0) is 31.0 Å². The van der Waals surface area contributed by atoms with E-state index in [0.29, 0.717) is 12.5 Å². The zero-order valence-electron chi connectivity index (χ0n) is 16.0. The molecule has 5 nitrogen and oxygen atoms in total. The van der Waals surface area contributed by atoms with Crippen LogP contribution in [0.1, 0.15) is 31.7 Å². The summed E-state index contributed by atoms with van der Waals surface area (Å²) in [4.78, 5) is 12.5. The van der Waals surface area contributed by atoms with Gasteiger partial charge in [0.25, 0.3) is 0 Å². The minimum atomic E-state index is -0.231. The number of nitrogens with zero attached hydrogens (tertiary/aromatic N) is 2. The van der Waals surface area contributed by atoms with Crippen LogP contribution in [0.15, 0.2) is 65.0 Å². The standard InChI is InChI=1S/C21H24N4OS2/c1-3-16(17-10-6-4-7-11-17)14-22-19(26)15(2)27-21-25-24-20(28-21)23-18-12-8-5-9-13-18/h4-13,15-16H,3,14H2,1-2H3,(H,22,26)(H,23,24)/t15-,16-/m0/s1. The van der Waals surface area contributed by atoms with Crippen molar-refractivity contribution in [2.75, 3.05) is 11.9 Å². The lowest BCUT2D eigenvalue weighted by Gasteiger charge is -2.17. The van der Waals surface area contributed by atoms with Crippen molar-refractivity contribution in [2.24, 2.45) is 0 Å². The first kappa shape index (κ1) is 20.4. The Balaban J connectivity index is 1.50. The van der Waals surface area contributed by atoms with Crippen molar-refractivity contribution in [1.29, 1.82) is 0 Å². The average molecular weight is 413 g/mol. The van der Waals surface area contributed by atoms with Crippen LogP contribution < -0.4 is 10.6 Å². The number of rotatable bonds is 9. The summed E-state index contributed by atoms with van der Waals surface area (Å²) in [5.74, 6) is 0.345. The van der Waals surface area contributed by atoms with Gasteiger partial charge in [0.1, 0.15) is 0 Å². The molecule has 146 valence electrons. The van der Waals surface area contributed by atoms with E-state index in [0.717, 1.165) is 21.6 Å². The third-order valence-electron chi connectivity index (χ3n) is 4.36. The van der Waals surface area contributed by atoms with Crippen LogP contribution in [0.25, 0.3) is 0 Å². The van der Waals surface area contributed by atoms with Crippen molar-refractivity contribution in [2.45, 2.75) is 35.8 Å². The van der Waals surface area contributed by atoms with E-state index < -0.39 is 0 Å². The number of nitrogens with one attached hydrogen (secondary N) is 2. The van der Waals surface area contributed by atoms with E-state index in [1.165, 1.54) is 28.7 Å². The first-order valence-electron chi connectivity index (χ1n) is 9.30. The zero-order valence-corrected chi connectivity index (χ0v) is 17.6. The predicted molar refractivity (Wildman–Crippen MR) is 117 cm³/mol. The molecule has 3 rings (SSSR count). The number of carbonyl (C=O) groups is 1. The quantitative estimate of drug-likeness (QED) is 0.480. The molecule has 0 saturated carbocycles. The molecule has 0 spiro atoms. The lowest BCUT2D eigenvalue weighted by atomic mass is 9.96. The number of benzene rings is 2. The lowest BCUT2D eigenvalue weighted by Crippen LogP contribution is -2.34. The molecule has 28 heavy (non-hydrogen) atoms. The molecule has 1 heterocycles. The van der Waals surface area contributed by atoms with E-state index in [4.69, 9.17) is 0 Å². The number of para-hydroxylation sites is 1. The molecule has 0 unspecified atom stereocenters. The first-order valence-corrected chi connectivity index (χ1v) is 11.0. The predicted octanol–water partition coefficient (Wildman–Crippen LogP) is 5.07. The SMILES string of the molecule is CC[C@@H](CNC(=O)[C@H](C)Sc1nnc(Nc2ccccc2)s1)c1ccccc1. The first-order chi connectivity index (χ1) is 13.7. The number of hydrogen-bond donors (Lipinski definition) is 2. The second-order valence-electron chi connectivity index (χ2n) is 6.39. The molecule has 0 aliphatic rings. The number of amides is 1. The van der Waals surface area contributed by atoms with Gasteiger partial charge < -0.3 is 10.6 Å². The fourth-order valence-corrected chi connectivity index (χ4v) is 4.69. The highest BCUT2D eigenvalue weighted by atomic mass is 32.2. The number of thioether (sulfide) groups is 1. The van der Waals surface area contributed by atoms with Crippen molar-refractivity contribution < 1.29 is 4.79 Å². The Morgan fingerprint density at radius 3 is 2.43 bits per heavy atom. The van der Waals surface area contributed by atoms with Gasteiger partial charge in [-0.2, -0.15) is 0 Å². The average Bonchev–Trinajstić information content (AvgIpc) is 3.16. The summed E-state index contributed by atoms with van der Waals surface area (Å²) in [6.07, 6.45) is 0.983. The van der Waals surface area contributed by atoms with Crippen LogP contribution in [-0.4, -0.2) is 27.9 Å². The maximum atomic E-state index is 12.5. The molecular formula is C21H24N4OS2. The molecule has 0 fully saturated rings. The van der Waals surface area contributed by atoms with Crippen molar-refractivity contribution in [1.82, 2.24) is 15.5 Å². The smallest absolute Gasteiger partial charge is 0.233 e. The summed E-state index contributed by atoms with van der Waals surface area (Å²) in [6, 6.07) is 20.1. The van der Waals surface area contributed by atoms with Crippen LogP contribution in [0.5, 0.6) is 0 Å². The molecule has 0 radical (unpaired) electrons. The van der Waals surface area contributed by atoms with Gasteiger partial charge in [-0.25, -0.2) is 0 Å². The van der Waals surface area contributed by atoms with E-state index in [9.17, 15) is 4.79 Å². The van der Waals surface area contributed by atoms with Gasteiger partial charge in [0, 0.05) is 18.2 Å². The monoisotopic (exact) mass is 412 g/mol. The Bertz CT molecular complexity index is 870. The summed E-state index contributed by atoms with van der Waals surface area (Å²) >= 11 is 2.88. The number of hydrogen-bond acceptors (Lipinski definition) is 6. The van der Waals surface area contributed by atoms with Crippen LogP contribution in [0.2, 0.25) is 0 Å². The minimum absolute atomic E-state index is 0.0205. The van der Waals surface area contributed by atoms with Gasteiger partial charge in [-0.3, -0.25) is 4.79 Å². The van der Waals surface area contributed by atoms with E-state index in [2.05, 4.69) is 39.9 Å². The Labute approximate surface area is 174 Å². The molecule has 0 aliphatic heterocycles. The molecular weight excluding hydrogens is 388 g/mol. The minimum Gasteiger partial charge on any atom is -0.355 e. The van der Waals surface area contributed by atoms with Gasteiger partial charge >= 0.3 is 0 Å². The Morgan fingerprint density at radius 2 is 1.75 bits per heavy atom. The molecule has 1 amide bonds. The highest BCUT2D eigenvalue weighted by molar-refractivity contribution is 8.02. The van der Waals surface area contributed by atoms with Crippen molar-refractivity contribution >= 4 is 39.8 Å². The van der Waals surface area contributed by atoms with Crippen LogP contribution >= 0.6 is 23.1 Å². The van der Waals surface area contributed by atoms with Crippen molar-refractivity contribution in [3.8, 4) is 0 Å². The molecule has 1 aromatic heterocycles. The summed E-state index contributed by atoms with van der Waals surface area (Å²) in [5, 5.41) is 15.1. The number of aromatic nitrogens is 2. The van der Waals surface area contributed by atoms with Gasteiger partial charge in [-0.1, -0.05) is 78.6 Å². The maximum Gasteiger partial charge on any atom is 0.233 e. The van der Waals surface area contributed by atoms with Gasteiger partial charge in [-0.15, -0.1) is 10.2 Å². The van der Waals surface area contributed by atoms with E-state index in [-0.39, 0.29) is 11.2 Å². The van der Waals surface area contributed by atoms with Gasteiger partial charge in [0.15, 0.2) is 4.34 Å². The second kappa shape index (κ2) is 10.2. The zero-order chi connectivity index (χ0) is 19.8. The largest absolute Gasteiger partial charge is 0.355 e. The van der Waals surface area contributed by atoms with Crippen molar-refractivity contribution in [3.05, 3.63) is 66.2 Å². The summed E-state index contributed by atoms with van der Waals surface area (Å²) < 4.78 is 0.774. The molecule has 2 atom stereocenters. The Hall–Kier alpha value is -2.38. The molecule has 0 bridgehead atoms. The third kappa shape index (κ3) is 5.81. The van der Waals surface area contributed by atoms with Crippen molar-refractivity contribution in [3.63, 3.8) is 0 Å². The highest BCUT2D eigenvalue weighted by Gasteiger charge is 2.18. The second-order valence-corrected chi connectivity index (χ2v) is 8.95. The fourth-order valence-electron chi connectivity index (χ4n) is 2.75. The maximum absolute atomic E-state index is 12.5. The molecule has 2 aromatic carbocycles. The molecule has 0 aliphatic carbocycles. The molecule has 0 saturated heterocycles.